The fourth-order valence-electron chi connectivity index (χ4n) is 2.83. The molecule has 0 N–H and O–H groups in total. The van der Waals surface area contributed by atoms with Crippen LogP contribution in [0.1, 0.15) is 35.8 Å². The van der Waals surface area contributed by atoms with Crippen molar-refractivity contribution in [1.82, 2.24) is 9.78 Å². The minimum atomic E-state index is -0.602. The SMILES string of the molecule is CCCCn1nc(C(=O)OCCOc2ccc(C#N)cc2)c2ccccc2c1=O. The summed E-state index contributed by atoms with van der Waals surface area (Å²) < 4.78 is 12.2. The Morgan fingerprint density at radius 2 is 1.83 bits per heavy atom. The molecule has 1 heterocycles. The number of aromatic nitrogens is 2. The number of nitriles is 1. The highest BCUT2D eigenvalue weighted by atomic mass is 16.6. The summed E-state index contributed by atoms with van der Waals surface area (Å²) in [6, 6.07) is 15.6. The maximum atomic E-state index is 12.6. The number of fused-ring (bicyclic) bond motifs is 1. The molecule has 0 bridgehead atoms. The van der Waals surface area contributed by atoms with Gasteiger partial charge in [-0.1, -0.05) is 31.5 Å². The van der Waals surface area contributed by atoms with E-state index >= 15 is 0 Å². The second-order valence-corrected chi connectivity index (χ2v) is 6.40. The largest absolute Gasteiger partial charge is 0.490 e. The van der Waals surface area contributed by atoms with Crippen molar-refractivity contribution in [3.63, 3.8) is 0 Å². The summed E-state index contributed by atoms with van der Waals surface area (Å²) in [5, 5.41) is 14.0. The molecule has 0 saturated carbocycles. The fraction of sp³-hybridized carbons (Fsp3) is 0.273. The Kier molecular flexibility index (Phi) is 6.59. The first-order valence-electron chi connectivity index (χ1n) is 9.44. The quantitative estimate of drug-likeness (QED) is 0.432. The lowest BCUT2D eigenvalue weighted by atomic mass is 10.1. The zero-order chi connectivity index (χ0) is 20.6. The number of hydrogen-bond acceptors (Lipinski definition) is 6. The zero-order valence-corrected chi connectivity index (χ0v) is 16.1. The second-order valence-electron chi connectivity index (χ2n) is 6.40. The molecular formula is C22H21N3O4. The minimum absolute atomic E-state index is 0.0307. The number of nitrogens with zero attached hydrogens (tertiary/aromatic N) is 3. The number of carbonyl (C=O) groups is 1. The van der Waals surface area contributed by atoms with Gasteiger partial charge in [0, 0.05) is 11.9 Å². The molecule has 0 radical (unpaired) electrons. The van der Waals surface area contributed by atoms with Crippen molar-refractivity contribution < 1.29 is 14.3 Å². The van der Waals surface area contributed by atoms with E-state index in [0.29, 0.717) is 28.6 Å². The Morgan fingerprint density at radius 1 is 1.10 bits per heavy atom. The van der Waals surface area contributed by atoms with Gasteiger partial charge in [0.25, 0.3) is 5.56 Å². The van der Waals surface area contributed by atoms with Crippen LogP contribution in [0.3, 0.4) is 0 Å². The molecule has 0 atom stereocenters. The van der Waals surface area contributed by atoms with E-state index < -0.39 is 5.97 Å². The number of esters is 1. The van der Waals surface area contributed by atoms with Gasteiger partial charge in [0.15, 0.2) is 5.69 Å². The van der Waals surface area contributed by atoms with Gasteiger partial charge in [-0.3, -0.25) is 4.79 Å². The van der Waals surface area contributed by atoms with Crippen LogP contribution in [0, 0.1) is 11.3 Å². The predicted octanol–water partition coefficient (Wildman–Crippen LogP) is 3.30. The standard InChI is InChI=1S/C22H21N3O4/c1-2-3-12-25-21(26)19-7-5-4-6-18(19)20(24-25)22(27)29-14-13-28-17-10-8-16(15-23)9-11-17/h4-11H,2-3,12-14H2,1H3. The molecule has 0 fully saturated rings. The predicted molar refractivity (Wildman–Crippen MR) is 108 cm³/mol. The topological polar surface area (TPSA) is 94.2 Å². The van der Waals surface area contributed by atoms with Crippen LogP contribution in [0.4, 0.5) is 0 Å². The lowest BCUT2D eigenvalue weighted by Crippen LogP contribution is -2.27. The molecule has 3 aromatic rings. The maximum absolute atomic E-state index is 12.6. The van der Waals surface area contributed by atoms with Crippen LogP contribution >= 0.6 is 0 Å². The highest BCUT2D eigenvalue weighted by molar-refractivity contribution is 6.02. The van der Waals surface area contributed by atoms with Gasteiger partial charge in [-0.25, -0.2) is 9.48 Å². The molecule has 0 aliphatic carbocycles. The molecule has 7 heteroatoms. The minimum Gasteiger partial charge on any atom is -0.490 e. The van der Waals surface area contributed by atoms with Gasteiger partial charge < -0.3 is 9.47 Å². The molecule has 1 aromatic heterocycles. The van der Waals surface area contributed by atoms with Gasteiger partial charge in [0.05, 0.1) is 17.0 Å². The molecule has 0 aliphatic rings. The van der Waals surface area contributed by atoms with Crippen molar-refractivity contribution in [2.24, 2.45) is 0 Å². The van der Waals surface area contributed by atoms with Crippen molar-refractivity contribution >= 4 is 16.7 Å². The van der Waals surface area contributed by atoms with E-state index in [4.69, 9.17) is 14.7 Å². The molecule has 2 aromatic carbocycles. The van der Waals surface area contributed by atoms with Crippen molar-refractivity contribution in [2.75, 3.05) is 13.2 Å². The third kappa shape index (κ3) is 4.79. The normalized spacial score (nSPS) is 10.5. The van der Waals surface area contributed by atoms with Gasteiger partial charge in [-0.05, 0) is 36.8 Å². The molecule has 148 valence electrons. The molecular weight excluding hydrogens is 370 g/mol. The first-order chi connectivity index (χ1) is 14.1. The summed E-state index contributed by atoms with van der Waals surface area (Å²) in [5.41, 5.74) is 0.448. The van der Waals surface area contributed by atoms with Crippen molar-refractivity contribution in [2.45, 2.75) is 26.3 Å². The molecule has 0 amide bonds. The van der Waals surface area contributed by atoms with E-state index in [1.807, 2.05) is 13.0 Å². The third-order valence-electron chi connectivity index (χ3n) is 4.35. The van der Waals surface area contributed by atoms with Crippen LogP contribution in [0.5, 0.6) is 5.75 Å². The van der Waals surface area contributed by atoms with E-state index in [0.717, 1.165) is 12.8 Å². The summed E-state index contributed by atoms with van der Waals surface area (Å²) in [7, 11) is 0. The van der Waals surface area contributed by atoms with Crippen LogP contribution < -0.4 is 10.3 Å². The number of hydrogen-bond donors (Lipinski definition) is 0. The number of carbonyl (C=O) groups excluding carboxylic acids is 1. The first kappa shape index (κ1) is 20.1. The van der Waals surface area contributed by atoms with Gasteiger partial charge >= 0.3 is 5.97 Å². The smallest absolute Gasteiger partial charge is 0.359 e. The fourth-order valence-corrected chi connectivity index (χ4v) is 2.83. The van der Waals surface area contributed by atoms with Crippen LogP contribution in [0.2, 0.25) is 0 Å². The lowest BCUT2D eigenvalue weighted by molar-refractivity contribution is 0.0443. The molecule has 0 aliphatic heterocycles. The molecule has 0 saturated heterocycles. The van der Waals surface area contributed by atoms with Crippen molar-refractivity contribution in [3.8, 4) is 11.8 Å². The van der Waals surface area contributed by atoms with E-state index in [1.54, 1.807) is 48.5 Å². The van der Waals surface area contributed by atoms with Gasteiger partial charge in [0.1, 0.15) is 19.0 Å². The number of benzene rings is 2. The van der Waals surface area contributed by atoms with Crippen LogP contribution in [-0.4, -0.2) is 29.0 Å². The number of unbranched alkanes of at least 4 members (excludes halogenated alkanes) is 1. The maximum Gasteiger partial charge on any atom is 0.359 e. The highest BCUT2D eigenvalue weighted by Gasteiger charge is 2.17. The zero-order valence-electron chi connectivity index (χ0n) is 16.1. The summed E-state index contributed by atoms with van der Waals surface area (Å²) in [5.74, 6) is -0.0217. The Labute approximate surface area is 168 Å². The summed E-state index contributed by atoms with van der Waals surface area (Å²) in [6.07, 6.45) is 1.70. The van der Waals surface area contributed by atoms with Crippen LogP contribution in [-0.2, 0) is 11.3 Å². The highest BCUT2D eigenvalue weighted by Crippen LogP contribution is 2.15. The summed E-state index contributed by atoms with van der Waals surface area (Å²) in [4.78, 5) is 25.2. The van der Waals surface area contributed by atoms with Crippen molar-refractivity contribution in [1.29, 1.82) is 5.26 Å². The molecule has 7 nitrogen and oxygen atoms in total. The Morgan fingerprint density at radius 3 is 2.52 bits per heavy atom. The van der Waals surface area contributed by atoms with E-state index in [9.17, 15) is 9.59 Å². The van der Waals surface area contributed by atoms with Gasteiger partial charge in [-0.15, -0.1) is 0 Å². The van der Waals surface area contributed by atoms with E-state index in [1.165, 1.54) is 4.68 Å². The molecule has 0 spiro atoms. The Bertz CT molecular complexity index is 1100. The first-order valence-corrected chi connectivity index (χ1v) is 9.44. The molecule has 29 heavy (non-hydrogen) atoms. The number of rotatable bonds is 8. The second kappa shape index (κ2) is 9.51. The molecule has 0 unspecified atom stereocenters. The third-order valence-corrected chi connectivity index (χ3v) is 4.35. The van der Waals surface area contributed by atoms with Gasteiger partial charge in [0.2, 0.25) is 0 Å². The average molecular weight is 391 g/mol. The van der Waals surface area contributed by atoms with Crippen LogP contribution in [0.25, 0.3) is 10.8 Å². The summed E-state index contributed by atoms with van der Waals surface area (Å²) >= 11 is 0. The van der Waals surface area contributed by atoms with Crippen molar-refractivity contribution in [3.05, 3.63) is 70.1 Å². The Hall–Kier alpha value is -3.66. The van der Waals surface area contributed by atoms with Crippen LogP contribution in [0.15, 0.2) is 53.3 Å². The van der Waals surface area contributed by atoms with E-state index in [-0.39, 0.29) is 24.5 Å². The average Bonchev–Trinajstić information content (AvgIpc) is 2.76. The molecule has 3 rings (SSSR count). The monoisotopic (exact) mass is 391 g/mol. The summed E-state index contributed by atoms with van der Waals surface area (Å²) in [6.45, 7) is 2.66. The van der Waals surface area contributed by atoms with Gasteiger partial charge in [-0.2, -0.15) is 10.4 Å². The number of ether oxygens (including phenoxy) is 2. The number of aryl methyl sites for hydroxylation is 1. The van der Waals surface area contributed by atoms with E-state index in [2.05, 4.69) is 5.10 Å². The lowest BCUT2D eigenvalue weighted by Gasteiger charge is -2.11. The Balaban J connectivity index is 1.70.